The van der Waals surface area contributed by atoms with Crippen LogP contribution >= 0.6 is 0 Å². The van der Waals surface area contributed by atoms with Gasteiger partial charge >= 0.3 is 0 Å². The van der Waals surface area contributed by atoms with Crippen molar-refractivity contribution < 1.29 is 18.3 Å². The van der Waals surface area contributed by atoms with Crippen LogP contribution < -0.4 is 16.0 Å². The number of nitrogens with one attached hydrogen (secondary N) is 3. The molecule has 0 aromatic carbocycles. The number of pyridine rings is 2. The van der Waals surface area contributed by atoms with E-state index in [9.17, 15) is 8.78 Å². The van der Waals surface area contributed by atoms with E-state index in [4.69, 9.17) is 9.47 Å². The van der Waals surface area contributed by atoms with Crippen LogP contribution in [0.5, 0.6) is 0 Å². The monoisotopic (exact) mass is 503 g/mol. The van der Waals surface area contributed by atoms with Crippen LogP contribution in [0.1, 0.15) is 52.4 Å². The standard InChI is InChI=1S/C27H39F2N5O2/c1-18(16-35-3)33-20-4-6-21(7-5-20)34-25-13-22(23(28)15-30-25)19-12-24(26(29)31-14-19)32-17-27(2)8-10-36-11-9-27/h12-15,18,20-21,32-33H,4-11,16-17H2,1-3H3,(H,30,34)/t18-,20?,21?/m1/s1. The Labute approximate surface area is 212 Å². The lowest BCUT2D eigenvalue weighted by Crippen LogP contribution is -2.42. The first kappa shape index (κ1) is 26.7. The van der Waals surface area contributed by atoms with E-state index in [-0.39, 0.29) is 17.1 Å². The van der Waals surface area contributed by atoms with Crippen molar-refractivity contribution in [2.24, 2.45) is 5.41 Å². The lowest BCUT2D eigenvalue weighted by Gasteiger charge is -2.33. The second-order valence-corrected chi connectivity index (χ2v) is 10.6. The molecule has 0 unspecified atom stereocenters. The SMILES string of the molecule is COC[C@@H](C)NC1CCC(Nc2cc(-c3cnc(F)c(NCC4(C)CCOCC4)c3)c(F)cn2)CC1. The number of hydrogen-bond acceptors (Lipinski definition) is 7. The minimum atomic E-state index is -0.590. The van der Waals surface area contributed by atoms with Crippen LogP contribution in [0, 0.1) is 17.2 Å². The van der Waals surface area contributed by atoms with Crippen LogP contribution in [0.2, 0.25) is 0 Å². The molecule has 3 N–H and O–H groups in total. The van der Waals surface area contributed by atoms with Crippen molar-refractivity contribution in [2.75, 3.05) is 44.1 Å². The molecule has 0 amide bonds. The molecule has 1 aliphatic heterocycles. The molecule has 7 nitrogen and oxygen atoms in total. The predicted molar refractivity (Wildman–Crippen MR) is 138 cm³/mol. The number of nitrogens with zero attached hydrogens (tertiary/aromatic N) is 2. The predicted octanol–water partition coefficient (Wildman–Crippen LogP) is 5.00. The largest absolute Gasteiger partial charge is 0.383 e. The van der Waals surface area contributed by atoms with Gasteiger partial charge in [0.2, 0.25) is 5.95 Å². The molecule has 2 aliphatic rings. The third-order valence-corrected chi connectivity index (χ3v) is 7.43. The van der Waals surface area contributed by atoms with Gasteiger partial charge in [0.15, 0.2) is 0 Å². The fourth-order valence-corrected chi connectivity index (χ4v) is 5.12. The van der Waals surface area contributed by atoms with Crippen molar-refractivity contribution in [3.63, 3.8) is 0 Å². The number of hydrogen-bond donors (Lipinski definition) is 3. The summed E-state index contributed by atoms with van der Waals surface area (Å²) >= 11 is 0. The van der Waals surface area contributed by atoms with Crippen LogP contribution in [-0.2, 0) is 9.47 Å². The summed E-state index contributed by atoms with van der Waals surface area (Å²) in [6, 6.07) is 4.40. The Bertz CT molecular complexity index is 994. The Kier molecular flexibility index (Phi) is 9.09. The van der Waals surface area contributed by atoms with Gasteiger partial charge in [-0.25, -0.2) is 14.4 Å². The maximum Gasteiger partial charge on any atom is 0.236 e. The number of halogens is 2. The van der Waals surface area contributed by atoms with Gasteiger partial charge < -0.3 is 25.4 Å². The second-order valence-electron chi connectivity index (χ2n) is 10.6. The van der Waals surface area contributed by atoms with Gasteiger partial charge in [0, 0.05) is 62.3 Å². The van der Waals surface area contributed by atoms with E-state index in [1.54, 1.807) is 19.2 Å². The summed E-state index contributed by atoms with van der Waals surface area (Å²) in [5, 5.41) is 10.3. The molecule has 4 rings (SSSR count). The minimum Gasteiger partial charge on any atom is -0.383 e. The number of anilines is 2. The highest BCUT2D eigenvalue weighted by Gasteiger charge is 2.28. The average Bonchev–Trinajstić information content (AvgIpc) is 2.87. The third kappa shape index (κ3) is 7.11. The van der Waals surface area contributed by atoms with Gasteiger partial charge in [-0.2, -0.15) is 4.39 Å². The van der Waals surface area contributed by atoms with E-state index in [1.807, 2.05) is 0 Å². The Morgan fingerprint density at radius 3 is 2.53 bits per heavy atom. The van der Waals surface area contributed by atoms with Crippen molar-refractivity contribution in [1.82, 2.24) is 15.3 Å². The minimum absolute atomic E-state index is 0.0239. The molecule has 9 heteroatoms. The average molecular weight is 504 g/mol. The summed E-state index contributed by atoms with van der Waals surface area (Å²) in [5.41, 5.74) is 1.17. The molecule has 3 heterocycles. The van der Waals surface area contributed by atoms with Gasteiger partial charge in [0.05, 0.1) is 18.5 Å². The van der Waals surface area contributed by atoms with Crippen molar-refractivity contribution in [3.05, 3.63) is 36.3 Å². The molecule has 1 saturated heterocycles. The molecule has 1 atom stereocenters. The Morgan fingerprint density at radius 1 is 1.08 bits per heavy atom. The van der Waals surface area contributed by atoms with Crippen LogP contribution in [0.4, 0.5) is 20.3 Å². The maximum absolute atomic E-state index is 14.8. The van der Waals surface area contributed by atoms with Gasteiger partial charge in [0.1, 0.15) is 11.6 Å². The molecule has 0 bridgehead atoms. The number of methoxy groups -OCH3 is 1. The van der Waals surface area contributed by atoms with Crippen molar-refractivity contribution in [3.8, 4) is 11.1 Å². The summed E-state index contributed by atoms with van der Waals surface area (Å²) in [6.07, 6.45) is 8.53. The van der Waals surface area contributed by atoms with Crippen molar-refractivity contribution in [1.29, 1.82) is 0 Å². The zero-order valence-electron chi connectivity index (χ0n) is 21.6. The summed E-state index contributed by atoms with van der Waals surface area (Å²) in [5.74, 6) is -0.437. The van der Waals surface area contributed by atoms with Gasteiger partial charge in [0.25, 0.3) is 0 Å². The highest BCUT2D eigenvalue weighted by Crippen LogP contribution is 2.32. The molecular formula is C27H39F2N5O2. The fraction of sp³-hybridized carbons (Fsp3) is 0.630. The smallest absolute Gasteiger partial charge is 0.236 e. The maximum atomic E-state index is 14.8. The lowest BCUT2D eigenvalue weighted by molar-refractivity contribution is 0.0300. The molecule has 2 aromatic heterocycles. The van der Waals surface area contributed by atoms with Crippen LogP contribution in [0.3, 0.4) is 0 Å². The van der Waals surface area contributed by atoms with Crippen LogP contribution in [-0.4, -0.2) is 61.6 Å². The molecular weight excluding hydrogens is 464 g/mol. The summed E-state index contributed by atoms with van der Waals surface area (Å²) in [7, 11) is 1.72. The van der Waals surface area contributed by atoms with Gasteiger partial charge in [-0.1, -0.05) is 6.92 Å². The molecule has 2 fully saturated rings. The Balaban J connectivity index is 1.39. The first-order valence-electron chi connectivity index (χ1n) is 13.0. The normalized spacial score (nSPS) is 22.7. The Morgan fingerprint density at radius 2 is 1.81 bits per heavy atom. The van der Waals surface area contributed by atoms with Crippen LogP contribution in [0.25, 0.3) is 11.1 Å². The summed E-state index contributed by atoms with van der Waals surface area (Å²) in [6.45, 7) is 7.02. The van der Waals surface area contributed by atoms with E-state index in [0.717, 1.165) is 38.5 Å². The van der Waals surface area contributed by atoms with E-state index >= 15 is 0 Å². The van der Waals surface area contributed by atoms with Crippen molar-refractivity contribution >= 4 is 11.5 Å². The van der Waals surface area contributed by atoms with Crippen LogP contribution in [0.15, 0.2) is 24.5 Å². The topological polar surface area (TPSA) is 80.3 Å². The zero-order valence-corrected chi connectivity index (χ0v) is 21.6. The first-order valence-corrected chi connectivity index (χ1v) is 13.0. The van der Waals surface area contributed by atoms with Gasteiger partial charge in [-0.3, -0.25) is 0 Å². The molecule has 0 spiro atoms. The molecule has 1 aliphatic carbocycles. The first-order chi connectivity index (χ1) is 17.3. The highest BCUT2D eigenvalue weighted by atomic mass is 19.1. The fourth-order valence-electron chi connectivity index (χ4n) is 5.12. The van der Waals surface area contributed by atoms with Gasteiger partial charge in [-0.05, 0) is 63.0 Å². The quantitative estimate of drug-likeness (QED) is 0.394. The number of rotatable bonds is 10. The summed E-state index contributed by atoms with van der Waals surface area (Å²) in [4.78, 5) is 8.15. The lowest BCUT2D eigenvalue weighted by atomic mass is 9.82. The number of aromatic nitrogens is 2. The zero-order chi connectivity index (χ0) is 25.5. The third-order valence-electron chi connectivity index (χ3n) is 7.43. The molecule has 1 saturated carbocycles. The van der Waals surface area contributed by atoms with E-state index in [0.29, 0.717) is 55.4 Å². The van der Waals surface area contributed by atoms with E-state index < -0.39 is 11.8 Å². The van der Waals surface area contributed by atoms with Gasteiger partial charge in [-0.15, -0.1) is 0 Å². The molecule has 0 radical (unpaired) electrons. The Hall–Kier alpha value is -2.36. The van der Waals surface area contributed by atoms with Crippen molar-refractivity contribution in [2.45, 2.75) is 70.5 Å². The second kappa shape index (κ2) is 12.3. The van der Waals surface area contributed by atoms with E-state index in [1.165, 1.54) is 12.4 Å². The number of ether oxygens (including phenoxy) is 2. The van der Waals surface area contributed by atoms with E-state index in [2.05, 4.69) is 39.8 Å². The molecule has 198 valence electrons. The molecule has 2 aromatic rings. The highest BCUT2D eigenvalue weighted by molar-refractivity contribution is 5.69. The summed E-state index contributed by atoms with van der Waals surface area (Å²) < 4.78 is 39.9. The molecule has 36 heavy (non-hydrogen) atoms.